The van der Waals surface area contributed by atoms with E-state index >= 15 is 0 Å². The molecule has 14 heavy (non-hydrogen) atoms. The van der Waals surface area contributed by atoms with E-state index in [0.29, 0.717) is 13.1 Å². The molecule has 0 saturated heterocycles. The lowest BCUT2D eigenvalue weighted by Gasteiger charge is -2.08. The topological polar surface area (TPSA) is 52.5 Å². The van der Waals surface area contributed by atoms with Gasteiger partial charge in [-0.15, -0.1) is 0 Å². The van der Waals surface area contributed by atoms with Crippen LogP contribution in [-0.4, -0.2) is 29.5 Å². The van der Waals surface area contributed by atoms with Crippen LogP contribution in [0.5, 0.6) is 0 Å². The minimum absolute atomic E-state index is 0.268. The molecule has 78 valence electrons. The van der Waals surface area contributed by atoms with Crippen LogP contribution in [0.3, 0.4) is 0 Å². The van der Waals surface area contributed by atoms with Gasteiger partial charge in [-0.2, -0.15) is 0 Å². The van der Waals surface area contributed by atoms with Crippen LogP contribution in [-0.2, 0) is 6.54 Å². The van der Waals surface area contributed by atoms with Crippen LogP contribution in [0, 0.1) is 5.82 Å². The van der Waals surface area contributed by atoms with Gasteiger partial charge in [-0.05, 0) is 17.7 Å². The summed E-state index contributed by atoms with van der Waals surface area (Å²) in [5.41, 5.74) is 0.815. The van der Waals surface area contributed by atoms with Gasteiger partial charge in [0, 0.05) is 13.1 Å². The van der Waals surface area contributed by atoms with E-state index in [-0.39, 0.29) is 12.4 Å². The molecule has 4 heteroatoms. The van der Waals surface area contributed by atoms with Gasteiger partial charge in [-0.1, -0.05) is 12.1 Å². The number of hydrogen-bond donors (Lipinski definition) is 3. The molecule has 1 unspecified atom stereocenters. The molecule has 3 N–H and O–H groups in total. The van der Waals surface area contributed by atoms with Crippen molar-refractivity contribution in [3.05, 3.63) is 35.6 Å². The molecule has 0 bridgehead atoms. The summed E-state index contributed by atoms with van der Waals surface area (Å²) in [4.78, 5) is 0. The summed E-state index contributed by atoms with van der Waals surface area (Å²) in [5.74, 6) is -0.271. The molecule has 0 aliphatic heterocycles. The van der Waals surface area contributed by atoms with E-state index in [2.05, 4.69) is 5.32 Å². The van der Waals surface area contributed by atoms with Crippen molar-refractivity contribution in [2.45, 2.75) is 12.6 Å². The minimum atomic E-state index is -0.761. The van der Waals surface area contributed by atoms with Crippen LogP contribution in [0.25, 0.3) is 0 Å². The van der Waals surface area contributed by atoms with Crippen LogP contribution in [0.1, 0.15) is 5.56 Å². The third-order valence-electron chi connectivity index (χ3n) is 1.81. The predicted octanol–water partition coefficient (Wildman–Crippen LogP) is 0.268. The Morgan fingerprint density at radius 3 is 2.86 bits per heavy atom. The number of rotatable bonds is 5. The van der Waals surface area contributed by atoms with Crippen LogP contribution in [0.4, 0.5) is 4.39 Å². The largest absolute Gasteiger partial charge is 0.394 e. The van der Waals surface area contributed by atoms with E-state index in [1.165, 1.54) is 12.1 Å². The van der Waals surface area contributed by atoms with Crippen molar-refractivity contribution in [2.24, 2.45) is 0 Å². The van der Waals surface area contributed by atoms with Gasteiger partial charge >= 0.3 is 0 Å². The van der Waals surface area contributed by atoms with E-state index in [1.54, 1.807) is 12.1 Å². The molecule has 0 spiro atoms. The molecule has 1 rings (SSSR count). The standard InChI is InChI=1S/C10H14FNO2/c11-9-3-1-2-8(4-9)5-12-6-10(14)7-13/h1-4,10,12-14H,5-7H2. The number of halogens is 1. The van der Waals surface area contributed by atoms with Gasteiger partial charge in [0.15, 0.2) is 0 Å². The van der Waals surface area contributed by atoms with Gasteiger partial charge < -0.3 is 15.5 Å². The van der Waals surface area contributed by atoms with Crippen molar-refractivity contribution in [1.29, 1.82) is 0 Å². The van der Waals surface area contributed by atoms with Crippen molar-refractivity contribution >= 4 is 0 Å². The average molecular weight is 199 g/mol. The maximum absolute atomic E-state index is 12.7. The zero-order chi connectivity index (χ0) is 10.4. The molecule has 0 radical (unpaired) electrons. The van der Waals surface area contributed by atoms with Gasteiger partial charge in [0.1, 0.15) is 5.82 Å². The second-order valence-electron chi connectivity index (χ2n) is 3.10. The fourth-order valence-corrected chi connectivity index (χ4v) is 1.09. The van der Waals surface area contributed by atoms with E-state index in [1.807, 2.05) is 0 Å². The van der Waals surface area contributed by atoms with Crippen LogP contribution in [0.2, 0.25) is 0 Å². The molecule has 1 aromatic carbocycles. The zero-order valence-corrected chi connectivity index (χ0v) is 7.78. The maximum Gasteiger partial charge on any atom is 0.123 e. The van der Waals surface area contributed by atoms with Gasteiger partial charge in [0.2, 0.25) is 0 Å². The first-order chi connectivity index (χ1) is 6.72. The lowest BCUT2D eigenvalue weighted by molar-refractivity contribution is 0.0942. The summed E-state index contributed by atoms with van der Waals surface area (Å²) in [6, 6.07) is 6.24. The van der Waals surface area contributed by atoms with Crippen LogP contribution < -0.4 is 5.32 Å². The number of aliphatic hydroxyl groups excluding tert-OH is 2. The first kappa shape index (κ1) is 11.1. The SMILES string of the molecule is OCC(O)CNCc1cccc(F)c1. The Labute approximate surface area is 82.2 Å². The quantitative estimate of drug-likeness (QED) is 0.638. The molecule has 0 aliphatic carbocycles. The Kier molecular flexibility index (Phi) is 4.52. The van der Waals surface area contributed by atoms with Crippen molar-refractivity contribution in [2.75, 3.05) is 13.2 Å². The van der Waals surface area contributed by atoms with E-state index in [9.17, 15) is 4.39 Å². The normalized spacial score (nSPS) is 12.8. The lowest BCUT2D eigenvalue weighted by atomic mass is 10.2. The van der Waals surface area contributed by atoms with Gasteiger partial charge in [0.25, 0.3) is 0 Å². The molecule has 3 nitrogen and oxygen atoms in total. The fourth-order valence-electron chi connectivity index (χ4n) is 1.09. The minimum Gasteiger partial charge on any atom is -0.394 e. The third-order valence-corrected chi connectivity index (χ3v) is 1.81. The highest BCUT2D eigenvalue weighted by Crippen LogP contribution is 2.02. The summed E-state index contributed by atoms with van der Waals surface area (Å²) >= 11 is 0. The highest BCUT2D eigenvalue weighted by atomic mass is 19.1. The summed E-state index contributed by atoms with van der Waals surface area (Å²) in [7, 11) is 0. The van der Waals surface area contributed by atoms with Crippen molar-refractivity contribution < 1.29 is 14.6 Å². The van der Waals surface area contributed by atoms with Crippen LogP contribution in [0.15, 0.2) is 24.3 Å². The second-order valence-corrected chi connectivity index (χ2v) is 3.10. The number of hydrogen-bond acceptors (Lipinski definition) is 3. The van der Waals surface area contributed by atoms with Crippen molar-refractivity contribution in [3.63, 3.8) is 0 Å². The second kappa shape index (κ2) is 5.70. The molecule has 0 aromatic heterocycles. The number of aliphatic hydroxyl groups is 2. The lowest BCUT2D eigenvalue weighted by Crippen LogP contribution is -2.28. The molecule has 0 saturated carbocycles. The molecule has 0 fully saturated rings. The van der Waals surface area contributed by atoms with Crippen LogP contribution >= 0.6 is 0 Å². The Morgan fingerprint density at radius 1 is 1.43 bits per heavy atom. The average Bonchev–Trinajstić information content (AvgIpc) is 2.17. The first-order valence-corrected chi connectivity index (χ1v) is 4.46. The number of nitrogens with one attached hydrogen (secondary N) is 1. The summed E-state index contributed by atoms with van der Waals surface area (Å²) in [5, 5.41) is 20.4. The Bertz CT molecular complexity index is 281. The first-order valence-electron chi connectivity index (χ1n) is 4.46. The van der Waals surface area contributed by atoms with Gasteiger partial charge in [-0.25, -0.2) is 4.39 Å². The molecule has 0 heterocycles. The third kappa shape index (κ3) is 3.83. The Morgan fingerprint density at radius 2 is 2.21 bits per heavy atom. The molecule has 1 atom stereocenters. The number of benzene rings is 1. The van der Waals surface area contributed by atoms with E-state index in [0.717, 1.165) is 5.56 Å². The monoisotopic (exact) mass is 199 g/mol. The van der Waals surface area contributed by atoms with E-state index in [4.69, 9.17) is 10.2 Å². The molecule has 0 aliphatic rings. The molecular formula is C10H14FNO2. The fraction of sp³-hybridized carbons (Fsp3) is 0.400. The van der Waals surface area contributed by atoms with Gasteiger partial charge in [0.05, 0.1) is 12.7 Å². The highest BCUT2D eigenvalue weighted by molar-refractivity contribution is 5.15. The summed E-state index contributed by atoms with van der Waals surface area (Å²) < 4.78 is 12.7. The van der Waals surface area contributed by atoms with E-state index < -0.39 is 6.10 Å². The highest BCUT2D eigenvalue weighted by Gasteiger charge is 2.00. The molecule has 1 aromatic rings. The van der Waals surface area contributed by atoms with Crippen molar-refractivity contribution in [1.82, 2.24) is 5.32 Å². The summed E-state index contributed by atoms with van der Waals surface area (Å²) in [6.45, 7) is 0.512. The smallest absolute Gasteiger partial charge is 0.123 e. The predicted molar refractivity (Wildman–Crippen MR) is 51.2 cm³/mol. The Hall–Kier alpha value is -0.970. The Balaban J connectivity index is 2.31. The van der Waals surface area contributed by atoms with Crippen molar-refractivity contribution in [3.8, 4) is 0 Å². The molecular weight excluding hydrogens is 185 g/mol. The maximum atomic E-state index is 12.7. The zero-order valence-electron chi connectivity index (χ0n) is 7.78. The van der Waals surface area contributed by atoms with Gasteiger partial charge in [-0.3, -0.25) is 0 Å². The molecule has 0 amide bonds. The summed E-state index contributed by atoms with van der Waals surface area (Å²) in [6.07, 6.45) is -0.761.